The first-order chi connectivity index (χ1) is 18.6. The number of phenols is 1. The third-order valence-corrected chi connectivity index (χ3v) is 8.04. The fourth-order valence-electron chi connectivity index (χ4n) is 6.03. The second-order valence-corrected chi connectivity index (χ2v) is 10.4. The lowest BCUT2D eigenvalue weighted by Gasteiger charge is -2.33. The number of methoxy groups -OCH3 is 1. The number of fused-ring (bicyclic) bond motifs is 1. The molecule has 7 heteroatoms. The first-order valence-corrected chi connectivity index (χ1v) is 13.6. The lowest BCUT2D eigenvalue weighted by atomic mass is 9.99. The number of aromatic hydroxyl groups is 1. The van der Waals surface area contributed by atoms with Gasteiger partial charge < -0.3 is 24.6 Å². The van der Waals surface area contributed by atoms with E-state index in [0.717, 1.165) is 78.1 Å². The molecule has 4 aromatic rings. The fraction of sp³-hybridized carbons (Fsp3) is 0.355. The summed E-state index contributed by atoms with van der Waals surface area (Å²) in [4.78, 5) is 26.1. The Kier molecular flexibility index (Phi) is 6.77. The van der Waals surface area contributed by atoms with E-state index in [0.29, 0.717) is 5.56 Å². The summed E-state index contributed by atoms with van der Waals surface area (Å²) < 4.78 is 5.59. The molecule has 196 valence electrons. The number of aromatic amines is 1. The molecule has 4 heterocycles. The second kappa shape index (κ2) is 10.5. The van der Waals surface area contributed by atoms with Crippen LogP contribution in [-0.2, 0) is 0 Å². The molecule has 7 nitrogen and oxygen atoms in total. The number of amides is 1. The maximum absolute atomic E-state index is 13.7. The minimum Gasteiger partial charge on any atom is -0.507 e. The number of phenolic OH excluding ortho intramolecular Hbond substituents is 1. The highest BCUT2D eigenvalue weighted by atomic mass is 16.5. The molecule has 6 rings (SSSR count). The summed E-state index contributed by atoms with van der Waals surface area (Å²) in [6.45, 7) is 3.89. The summed E-state index contributed by atoms with van der Waals surface area (Å²) in [5, 5.41) is 11.7. The van der Waals surface area contributed by atoms with E-state index >= 15 is 0 Å². The molecular weight excluding hydrogens is 476 g/mol. The molecule has 2 fully saturated rings. The molecular formula is C31H34N4O3. The van der Waals surface area contributed by atoms with Crippen LogP contribution in [0.1, 0.15) is 42.5 Å². The Hall–Kier alpha value is -3.84. The number of pyridine rings is 1. The third-order valence-electron chi connectivity index (χ3n) is 8.04. The minimum absolute atomic E-state index is 0.0211. The van der Waals surface area contributed by atoms with E-state index in [1.54, 1.807) is 19.4 Å². The van der Waals surface area contributed by atoms with E-state index in [9.17, 15) is 9.90 Å². The number of nitrogens with zero attached hydrogens (tertiary/aromatic N) is 3. The van der Waals surface area contributed by atoms with Crippen LogP contribution in [0.3, 0.4) is 0 Å². The monoisotopic (exact) mass is 510 g/mol. The zero-order chi connectivity index (χ0) is 26.1. The van der Waals surface area contributed by atoms with Crippen molar-refractivity contribution >= 4 is 16.9 Å². The second-order valence-electron chi connectivity index (χ2n) is 10.4. The van der Waals surface area contributed by atoms with Crippen molar-refractivity contribution in [2.24, 2.45) is 0 Å². The van der Waals surface area contributed by atoms with Crippen LogP contribution in [-0.4, -0.2) is 70.1 Å². The van der Waals surface area contributed by atoms with Gasteiger partial charge in [0.2, 0.25) is 0 Å². The normalized spacial score (nSPS) is 18.2. The van der Waals surface area contributed by atoms with Gasteiger partial charge in [-0.15, -0.1) is 0 Å². The number of piperidine rings is 1. The molecule has 0 aliphatic carbocycles. The summed E-state index contributed by atoms with van der Waals surface area (Å²) in [5.74, 6) is 0.725. The van der Waals surface area contributed by atoms with Crippen molar-refractivity contribution < 1.29 is 14.6 Å². The van der Waals surface area contributed by atoms with Crippen LogP contribution in [0, 0.1) is 0 Å². The third kappa shape index (κ3) is 4.63. The summed E-state index contributed by atoms with van der Waals surface area (Å²) in [6, 6.07) is 15.5. The van der Waals surface area contributed by atoms with Crippen molar-refractivity contribution in [3.63, 3.8) is 0 Å². The quantitative estimate of drug-likeness (QED) is 0.348. The molecule has 1 atom stereocenters. The molecule has 38 heavy (non-hydrogen) atoms. The van der Waals surface area contributed by atoms with Crippen LogP contribution in [0.5, 0.6) is 11.5 Å². The maximum Gasteiger partial charge on any atom is 0.257 e. The van der Waals surface area contributed by atoms with Gasteiger partial charge in [-0.05, 0) is 68.6 Å². The van der Waals surface area contributed by atoms with Gasteiger partial charge in [-0.3, -0.25) is 4.79 Å². The van der Waals surface area contributed by atoms with Gasteiger partial charge in [-0.1, -0.05) is 30.7 Å². The highest BCUT2D eigenvalue weighted by Crippen LogP contribution is 2.37. The molecule has 0 radical (unpaired) electrons. The number of para-hydroxylation sites is 1. The van der Waals surface area contributed by atoms with Crippen molar-refractivity contribution in [2.45, 2.75) is 38.1 Å². The number of ether oxygens (including phenoxy) is 1. The summed E-state index contributed by atoms with van der Waals surface area (Å²) in [6.07, 6.45) is 9.55. The van der Waals surface area contributed by atoms with Gasteiger partial charge in [-0.2, -0.15) is 0 Å². The van der Waals surface area contributed by atoms with Gasteiger partial charge in [0.25, 0.3) is 5.91 Å². The highest BCUT2D eigenvalue weighted by molar-refractivity contribution is 6.00. The molecule has 2 aromatic carbocycles. The van der Waals surface area contributed by atoms with Gasteiger partial charge in [0, 0.05) is 53.6 Å². The molecule has 2 N–H and O–H groups in total. The largest absolute Gasteiger partial charge is 0.507 e. The number of hydrogen-bond acceptors (Lipinski definition) is 5. The van der Waals surface area contributed by atoms with Crippen LogP contribution in [0.2, 0.25) is 0 Å². The van der Waals surface area contributed by atoms with E-state index in [1.165, 1.54) is 19.3 Å². The first kappa shape index (κ1) is 24.5. The summed E-state index contributed by atoms with van der Waals surface area (Å²) in [7, 11) is 1.67. The zero-order valence-corrected chi connectivity index (χ0v) is 21.8. The SMILES string of the molecule is COc1ccccc1-c1c[nH]c2ncc(-c3ccc(O)c(C(=O)N4CCCC4CN4CCCCC4)c3)cc12. The Morgan fingerprint density at radius 1 is 1.03 bits per heavy atom. The van der Waals surface area contributed by atoms with E-state index in [1.807, 2.05) is 47.5 Å². The molecule has 0 spiro atoms. The average molecular weight is 511 g/mol. The van der Waals surface area contributed by atoms with Gasteiger partial charge in [0.15, 0.2) is 0 Å². The molecule has 2 aromatic heterocycles. The van der Waals surface area contributed by atoms with Gasteiger partial charge in [-0.25, -0.2) is 4.98 Å². The van der Waals surface area contributed by atoms with Crippen molar-refractivity contribution in [1.82, 2.24) is 19.8 Å². The number of carbonyl (C=O) groups excluding carboxylic acids is 1. The Balaban J connectivity index is 1.31. The standard InChI is InChI=1S/C31H34N4O3/c1-38-29-10-4-3-9-24(29)27-19-33-30-25(27)17-22(18-32-30)21-11-12-28(36)26(16-21)31(37)35-15-7-8-23(35)20-34-13-5-2-6-14-34/h3-4,9-12,16-19,23,36H,2,5-8,13-15,20H2,1H3,(H,32,33). The number of H-pyrrole nitrogens is 1. The number of aromatic nitrogens is 2. The van der Waals surface area contributed by atoms with Crippen molar-refractivity contribution in [1.29, 1.82) is 0 Å². The van der Waals surface area contributed by atoms with E-state index in [2.05, 4.69) is 20.9 Å². The van der Waals surface area contributed by atoms with Crippen molar-refractivity contribution in [3.8, 4) is 33.8 Å². The van der Waals surface area contributed by atoms with Gasteiger partial charge in [0.05, 0.1) is 12.7 Å². The van der Waals surface area contributed by atoms with Crippen LogP contribution in [0.25, 0.3) is 33.3 Å². The molecule has 1 unspecified atom stereocenters. The van der Waals surface area contributed by atoms with Gasteiger partial charge in [0.1, 0.15) is 17.1 Å². The number of hydrogen-bond donors (Lipinski definition) is 2. The molecule has 0 saturated carbocycles. The highest BCUT2D eigenvalue weighted by Gasteiger charge is 2.32. The number of benzene rings is 2. The van der Waals surface area contributed by atoms with Crippen molar-refractivity contribution in [2.75, 3.05) is 33.3 Å². The molecule has 2 aliphatic heterocycles. The van der Waals surface area contributed by atoms with Crippen LogP contribution in [0.4, 0.5) is 0 Å². The Labute approximate surface area is 223 Å². The van der Waals surface area contributed by atoms with Crippen LogP contribution >= 0.6 is 0 Å². The minimum atomic E-state index is -0.0887. The average Bonchev–Trinajstić information content (AvgIpc) is 3.60. The summed E-state index contributed by atoms with van der Waals surface area (Å²) in [5.41, 5.74) is 4.85. The number of nitrogens with one attached hydrogen (secondary N) is 1. The molecule has 2 saturated heterocycles. The molecule has 2 aliphatic rings. The molecule has 0 bridgehead atoms. The predicted octanol–water partition coefficient (Wildman–Crippen LogP) is 5.70. The Morgan fingerprint density at radius 2 is 1.87 bits per heavy atom. The summed E-state index contributed by atoms with van der Waals surface area (Å²) >= 11 is 0. The van der Waals surface area contributed by atoms with Crippen LogP contribution < -0.4 is 4.74 Å². The maximum atomic E-state index is 13.7. The zero-order valence-electron chi connectivity index (χ0n) is 21.8. The van der Waals surface area contributed by atoms with E-state index < -0.39 is 0 Å². The predicted molar refractivity (Wildman–Crippen MR) is 150 cm³/mol. The van der Waals surface area contributed by atoms with Gasteiger partial charge >= 0.3 is 0 Å². The van der Waals surface area contributed by atoms with E-state index in [-0.39, 0.29) is 17.7 Å². The van der Waals surface area contributed by atoms with Crippen molar-refractivity contribution in [3.05, 3.63) is 66.5 Å². The van der Waals surface area contributed by atoms with E-state index in [4.69, 9.17) is 4.74 Å². The Bertz CT molecular complexity index is 1460. The lowest BCUT2D eigenvalue weighted by Crippen LogP contribution is -2.44. The Morgan fingerprint density at radius 3 is 2.71 bits per heavy atom. The first-order valence-electron chi connectivity index (χ1n) is 13.6. The lowest BCUT2D eigenvalue weighted by molar-refractivity contribution is 0.0687. The number of rotatable bonds is 6. The number of carbonyl (C=O) groups is 1. The number of likely N-dealkylation sites (tertiary alicyclic amines) is 2. The smallest absolute Gasteiger partial charge is 0.257 e. The topological polar surface area (TPSA) is 81.7 Å². The fourth-order valence-corrected chi connectivity index (χ4v) is 6.03. The van der Waals surface area contributed by atoms with Crippen LogP contribution in [0.15, 0.2) is 60.9 Å². The molecule has 1 amide bonds.